The molecule has 1 heteroatoms. The summed E-state index contributed by atoms with van der Waals surface area (Å²) in [5.41, 5.74) is 8.05. The first kappa shape index (κ1) is 16.2. The van der Waals surface area contributed by atoms with E-state index in [1.807, 2.05) is 0 Å². The van der Waals surface area contributed by atoms with E-state index in [9.17, 15) is 0 Å². The highest BCUT2D eigenvalue weighted by molar-refractivity contribution is 6.18. The average molecular weight is 383 g/mol. The van der Waals surface area contributed by atoms with E-state index in [-0.39, 0.29) is 5.41 Å². The van der Waals surface area contributed by atoms with Crippen molar-refractivity contribution in [3.63, 3.8) is 0 Å². The van der Waals surface area contributed by atoms with Crippen molar-refractivity contribution in [1.82, 2.24) is 4.98 Å². The molecule has 0 spiro atoms. The molecule has 1 heterocycles. The molecule has 6 aromatic rings. The Morgan fingerprint density at radius 3 is 2.13 bits per heavy atom. The van der Waals surface area contributed by atoms with Gasteiger partial charge in [-0.3, -0.25) is 0 Å². The highest BCUT2D eigenvalue weighted by Gasteiger charge is 2.37. The molecule has 0 fully saturated rings. The van der Waals surface area contributed by atoms with Crippen LogP contribution in [-0.4, -0.2) is 4.98 Å². The predicted molar refractivity (Wildman–Crippen MR) is 128 cm³/mol. The van der Waals surface area contributed by atoms with Crippen LogP contribution < -0.4 is 0 Å². The molecular formula is C29H21N. The van der Waals surface area contributed by atoms with Crippen LogP contribution in [0.3, 0.4) is 0 Å². The molecule has 0 amide bonds. The van der Waals surface area contributed by atoms with Crippen LogP contribution in [0.5, 0.6) is 0 Å². The summed E-state index contributed by atoms with van der Waals surface area (Å²) in [6.45, 7) is 4.75. The van der Waals surface area contributed by atoms with Crippen molar-refractivity contribution in [3.8, 4) is 11.1 Å². The Morgan fingerprint density at radius 1 is 0.600 bits per heavy atom. The first-order valence-electron chi connectivity index (χ1n) is 10.6. The summed E-state index contributed by atoms with van der Waals surface area (Å²) >= 11 is 0. The van der Waals surface area contributed by atoms with Gasteiger partial charge in [0, 0.05) is 27.1 Å². The van der Waals surface area contributed by atoms with Crippen LogP contribution in [0.2, 0.25) is 0 Å². The molecule has 1 aliphatic rings. The second kappa shape index (κ2) is 5.31. The van der Waals surface area contributed by atoms with E-state index in [2.05, 4.69) is 104 Å². The standard InChI is InChI=1S/C29H21N/c1-29(2)25-15-24-22-14-12-18-8-4-6-10-20(18)28(22)30-26(24)16-23(25)21-13-11-17-7-3-5-9-19(17)27(21)29/h3-16,30H,1-2H3. The minimum atomic E-state index is -0.0276. The Hall–Kier alpha value is -3.58. The summed E-state index contributed by atoms with van der Waals surface area (Å²) in [5.74, 6) is 0. The van der Waals surface area contributed by atoms with Crippen molar-refractivity contribution in [2.45, 2.75) is 19.3 Å². The molecule has 0 aliphatic heterocycles. The van der Waals surface area contributed by atoms with Gasteiger partial charge in [-0.25, -0.2) is 0 Å². The van der Waals surface area contributed by atoms with Gasteiger partial charge in [0.25, 0.3) is 0 Å². The molecule has 7 rings (SSSR count). The van der Waals surface area contributed by atoms with Gasteiger partial charge in [0.2, 0.25) is 0 Å². The van der Waals surface area contributed by atoms with E-state index in [1.54, 1.807) is 0 Å². The van der Waals surface area contributed by atoms with Crippen LogP contribution in [0.4, 0.5) is 0 Å². The number of hydrogen-bond acceptors (Lipinski definition) is 0. The molecule has 0 atom stereocenters. The summed E-state index contributed by atoms with van der Waals surface area (Å²) in [5, 5.41) is 7.89. The zero-order chi connectivity index (χ0) is 20.0. The quantitative estimate of drug-likeness (QED) is 0.274. The third-order valence-corrected chi connectivity index (χ3v) is 7.15. The first-order chi connectivity index (χ1) is 14.6. The van der Waals surface area contributed by atoms with Crippen molar-refractivity contribution < 1.29 is 0 Å². The molecule has 5 aromatic carbocycles. The van der Waals surface area contributed by atoms with Crippen LogP contribution in [-0.2, 0) is 5.41 Å². The fourth-order valence-corrected chi connectivity index (χ4v) is 5.74. The van der Waals surface area contributed by atoms with Gasteiger partial charge in [0.05, 0.1) is 5.52 Å². The van der Waals surface area contributed by atoms with Gasteiger partial charge in [-0.15, -0.1) is 0 Å². The third-order valence-electron chi connectivity index (χ3n) is 7.15. The Balaban J connectivity index is 1.61. The van der Waals surface area contributed by atoms with Gasteiger partial charge >= 0.3 is 0 Å². The summed E-state index contributed by atoms with van der Waals surface area (Å²) in [7, 11) is 0. The molecule has 0 saturated heterocycles. The van der Waals surface area contributed by atoms with Crippen molar-refractivity contribution >= 4 is 43.4 Å². The van der Waals surface area contributed by atoms with Gasteiger partial charge in [0.15, 0.2) is 0 Å². The normalized spacial score (nSPS) is 14.6. The maximum atomic E-state index is 3.75. The number of rotatable bonds is 0. The van der Waals surface area contributed by atoms with Crippen LogP contribution >= 0.6 is 0 Å². The maximum Gasteiger partial charge on any atom is 0.0544 e. The van der Waals surface area contributed by atoms with Crippen molar-refractivity contribution in [2.75, 3.05) is 0 Å². The van der Waals surface area contributed by atoms with E-state index in [4.69, 9.17) is 0 Å². The Bertz CT molecular complexity index is 1660. The number of aromatic nitrogens is 1. The summed E-state index contributed by atoms with van der Waals surface area (Å²) in [6, 6.07) is 31.3. The van der Waals surface area contributed by atoms with Crippen LogP contribution in [0.15, 0.2) is 84.9 Å². The Kier molecular flexibility index (Phi) is 2.88. The van der Waals surface area contributed by atoms with Gasteiger partial charge in [-0.05, 0) is 50.5 Å². The molecule has 1 N–H and O–H groups in total. The predicted octanol–water partition coefficient (Wildman–Crippen LogP) is 7.93. The van der Waals surface area contributed by atoms with Gasteiger partial charge in [-0.1, -0.05) is 86.6 Å². The fourth-order valence-electron chi connectivity index (χ4n) is 5.74. The number of nitrogens with one attached hydrogen (secondary N) is 1. The smallest absolute Gasteiger partial charge is 0.0544 e. The van der Waals surface area contributed by atoms with Crippen LogP contribution in [0.1, 0.15) is 25.0 Å². The maximum absolute atomic E-state index is 3.75. The minimum absolute atomic E-state index is 0.0276. The number of benzene rings is 5. The number of aromatic amines is 1. The largest absolute Gasteiger partial charge is 0.354 e. The number of H-pyrrole nitrogens is 1. The molecule has 1 aromatic heterocycles. The fraction of sp³-hybridized carbons (Fsp3) is 0.103. The van der Waals surface area contributed by atoms with Crippen molar-refractivity contribution in [1.29, 1.82) is 0 Å². The van der Waals surface area contributed by atoms with Crippen LogP contribution in [0.25, 0.3) is 54.5 Å². The highest BCUT2D eigenvalue weighted by Crippen LogP contribution is 2.52. The molecular weight excluding hydrogens is 362 g/mol. The molecule has 30 heavy (non-hydrogen) atoms. The van der Waals surface area contributed by atoms with Gasteiger partial charge < -0.3 is 4.98 Å². The van der Waals surface area contributed by atoms with Gasteiger partial charge in [0.1, 0.15) is 0 Å². The van der Waals surface area contributed by atoms with E-state index in [1.165, 1.54) is 65.6 Å². The zero-order valence-electron chi connectivity index (χ0n) is 17.1. The Labute approximate surface area is 175 Å². The summed E-state index contributed by atoms with van der Waals surface area (Å²) < 4.78 is 0. The number of fused-ring (bicyclic) bond motifs is 10. The average Bonchev–Trinajstić information content (AvgIpc) is 3.25. The molecule has 1 nitrogen and oxygen atoms in total. The lowest BCUT2D eigenvalue weighted by Crippen LogP contribution is -2.15. The topological polar surface area (TPSA) is 15.8 Å². The zero-order valence-corrected chi connectivity index (χ0v) is 17.1. The van der Waals surface area contributed by atoms with Gasteiger partial charge in [-0.2, -0.15) is 0 Å². The lowest BCUT2D eigenvalue weighted by molar-refractivity contribution is 0.667. The van der Waals surface area contributed by atoms with Crippen molar-refractivity contribution in [2.24, 2.45) is 0 Å². The number of hydrogen-bond donors (Lipinski definition) is 1. The molecule has 142 valence electrons. The van der Waals surface area contributed by atoms with E-state index < -0.39 is 0 Å². The third kappa shape index (κ3) is 1.88. The molecule has 1 aliphatic carbocycles. The summed E-state index contributed by atoms with van der Waals surface area (Å²) in [6.07, 6.45) is 0. The van der Waals surface area contributed by atoms with Crippen LogP contribution in [0, 0.1) is 0 Å². The monoisotopic (exact) mass is 383 g/mol. The molecule has 0 saturated carbocycles. The SMILES string of the molecule is CC1(C)c2cc3c(cc2-c2ccc4ccccc4c21)[nH]c1c2ccccc2ccc31. The molecule has 0 radical (unpaired) electrons. The van der Waals surface area contributed by atoms with E-state index in [0.29, 0.717) is 0 Å². The lowest BCUT2D eigenvalue weighted by atomic mass is 9.80. The van der Waals surface area contributed by atoms with E-state index >= 15 is 0 Å². The van der Waals surface area contributed by atoms with E-state index in [0.717, 1.165) is 0 Å². The van der Waals surface area contributed by atoms with Crippen molar-refractivity contribution in [3.05, 3.63) is 96.1 Å². The Morgan fingerprint density at radius 2 is 1.30 bits per heavy atom. The molecule has 0 unspecified atom stereocenters. The first-order valence-corrected chi connectivity index (χ1v) is 10.6. The minimum Gasteiger partial charge on any atom is -0.354 e. The summed E-state index contributed by atoms with van der Waals surface area (Å²) in [4.78, 5) is 3.75. The lowest BCUT2D eigenvalue weighted by Gasteiger charge is -2.23. The highest BCUT2D eigenvalue weighted by atomic mass is 14.7. The second-order valence-electron chi connectivity index (χ2n) is 9.11. The second-order valence-corrected chi connectivity index (χ2v) is 9.11. The molecule has 0 bridgehead atoms.